The summed E-state index contributed by atoms with van der Waals surface area (Å²) in [4.78, 5) is 15.7. The van der Waals surface area contributed by atoms with Crippen LogP contribution in [0.3, 0.4) is 0 Å². The number of amides is 1. The van der Waals surface area contributed by atoms with Crippen LogP contribution in [0.2, 0.25) is 0 Å². The van der Waals surface area contributed by atoms with Gasteiger partial charge in [-0.2, -0.15) is 0 Å². The maximum Gasteiger partial charge on any atom is 0.230 e. The van der Waals surface area contributed by atoms with Crippen molar-refractivity contribution in [2.45, 2.75) is 41.5 Å². The first kappa shape index (κ1) is 14.6. The molecule has 0 spiro atoms. The standard InChI is InChI=1S/C11H16N2O.C2H6/c1-8-5-6-12-9(7-8)13-10(14)11(2,3)4;1-2/h5-7H,1-4H3,(H,12,13,14);1-2H3. The summed E-state index contributed by atoms with van der Waals surface area (Å²) in [5.41, 5.74) is 0.704. The molecule has 16 heavy (non-hydrogen) atoms. The molecule has 1 heterocycles. The number of nitrogens with one attached hydrogen (secondary N) is 1. The first-order valence-corrected chi connectivity index (χ1v) is 5.64. The zero-order valence-electron chi connectivity index (χ0n) is 11.1. The smallest absolute Gasteiger partial charge is 0.230 e. The molecule has 0 bridgehead atoms. The molecule has 1 aromatic heterocycles. The van der Waals surface area contributed by atoms with E-state index in [9.17, 15) is 4.79 Å². The van der Waals surface area contributed by atoms with Crippen molar-refractivity contribution in [1.82, 2.24) is 4.98 Å². The van der Waals surface area contributed by atoms with Gasteiger partial charge in [-0.3, -0.25) is 4.79 Å². The zero-order valence-corrected chi connectivity index (χ0v) is 11.1. The highest BCUT2D eigenvalue weighted by atomic mass is 16.2. The fraction of sp³-hybridized carbons (Fsp3) is 0.538. The lowest BCUT2D eigenvalue weighted by molar-refractivity contribution is -0.123. The lowest BCUT2D eigenvalue weighted by Crippen LogP contribution is -2.28. The van der Waals surface area contributed by atoms with Gasteiger partial charge >= 0.3 is 0 Å². The number of pyridine rings is 1. The van der Waals surface area contributed by atoms with E-state index in [0.717, 1.165) is 5.56 Å². The van der Waals surface area contributed by atoms with Crippen molar-refractivity contribution in [3.63, 3.8) is 0 Å². The van der Waals surface area contributed by atoms with Gasteiger partial charge in [-0.15, -0.1) is 0 Å². The normalized spacial score (nSPS) is 10.1. The Morgan fingerprint density at radius 1 is 1.31 bits per heavy atom. The van der Waals surface area contributed by atoms with Gasteiger partial charge in [0.15, 0.2) is 0 Å². The molecule has 0 unspecified atom stereocenters. The van der Waals surface area contributed by atoms with Crippen LogP contribution in [-0.4, -0.2) is 10.9 Å². The van der Waals surface area contributed by atoms with Gasteiger partial charge in [0.1, 0.15) is 5.82 Å². The molecule has 0 atom stereocenters. The Morgan fingerprint density at radius 2 is 1.88 bits per heavy atom. The molecule has 1 amide bonds. The van der Waals surface area contributed by atoms with Crippen molar-refractivity contribution < 1.29 is 4.79 Å². The van der Waals surface area contributed by atoms with E-state index in [0.29, 0.717) is 5.82 Å². The van der Waals surface area contributed by atoms with Crippen LogP contribution in [0.25, 0.3) is 0 Å². The van der Waals surface area contributed by atoms with Crippen LogP contribution in [0.4, 0.5) is 5.82 Å². The number of rotatable bonds is 1. The predicted molar refractivity (Wildman–Crippen MR) is 68.4 cm³/mol. The van der Waals surface area contributed by atoms with Crippen LogP contribution < -0.4 is 5.32 Å². The van der Waals surface area contributed by atoms with E-state index < -0.39 is 0 Å². The summed E-state index contributed by atoms with van der Waals surface area (Å²) in [6.45, 7) is 11.6. The molecule has 0 aliphatic rings. The number of hydrogen-bond donors (Lipinski definition) is 1. The van der Waals surface area contributed by atoms with E-state index in [2.05, 4.69) is 10.3 Å². The van der Waals surface area contributed by atoms with E-state index in [-0.39, 0.29) is 11.3 Å². The van der Waals surface area contributed by atoms with Gasteiger partial charge in [0.25, 0.3) is 0 Å². The quantitative estimate of drug-likeness (QED) is 0.791. The number of carbonyl (C=O) groups is 1. The van der Waals surface area contributed by atoms with Crippen LogP contribution in [0.5, 0.6) is 0 Å². The molecule has 0 saturated carbocycles. The van der Waals surface area contributed by atoms with Crippen LogP contribution >= 0.6 is 0 Å². The molecular formula is C13H22N2O. The maximum absolute atomic E-state index is 11.6. The van der Waals surface area contributed by atoms with Crippen LogP contribution in [-0.2, 0) is 4.79 Å². The molecule has 0 saturated heterocycles. The highest BCUT2D eigenvalue weighted by Crippen LogP contribution is 2.16. The van der Waals surface area contributed by atoms with E-state index in [1.54, 1.807) is 6.20 Å². The monoisotopic (exact) mass is 222 g/mol. The molecule has 0 aromatic carbocycles. The molecule has 3 heteroatoms. The van der Waals surface area contributed by atoms with Crippen molar-refractivity contribution in [1.29, 1.82) is 0 Å². The Hall–Kier alpha value is -1.38. The van der Waals surface area contributed by atoms with Crippen molar-refractivity contribution in [3.8, 4) is 0 Å². The summed E-state index contributed by atoms with van der Waals surface area (Å²) in [6, 6.07) is 3.75. The molecule has 0 aliphatic heterocycles. The average molecular weight is 222 g/mol. The van der Waals surface area contributed by atoms with Gasteiger partial charge in [-0.1, -0.05) is 34.6 Å². The van der Waals surface area contributed by atoms with E-state index in [1.165, 1.54) is 0 Å². The summed E-state index contributed by atoms with van der Waals surface area (Å²) >= 11 is 0. The SMILES string of the molecule is CC.Cc1ccnc(NC(=O)C(C)(C)C)c1. The van der Waals surface area contributed by atoms with Gasteiger partial charge in [0.05, 0.1) is 0 Å². The Morgan fingerprint density at radius 3 is 2.31 bits per heavy atom. The van der Waals surface area contributed by atoms with Crippen molar-refractivity contribution in [2.75, 3.05) is 5.32 Å². The molecule has 3 nitrogen and oxygen atoms in total. The topological polar surface area (TPSA) is 42.0 Å². The van der Waals surface area contributed by atoms with Crippen molar-refractivity contribution >= 4 is 11.7 Å². The lowest BCUT2D eigenvalue weighted by Gasteiger charge is -2.17. The third kappa shape index (κ3) is 4.91. The van der Waals surface area contributed by atoms with Gasteiger partial charge in [-0.25, -0.2) is 4.98 Å². The van der Waals surface area contributed by atoms with Gasteiger partial charge < -0.3 is 5.32 Å². The Labute approximate surface area is 98.3 Å². The Kier molecular flexibility index (Phi) is 5.72. The predicted octanol–water partition coefficient (Wildman–Crippen LogP) is 3.40. The van der Waals surface area contributed by atoms with E-state index in [1.807, 2.05) is 53.7 Å². The number of aryl methyl sites for hydroxylation is 1. The Bertz CT molecular complexity index is 340. The molecule has 0 radical (unpaired) electrons. The zero-order chi connectivity index (χ0) is 12.8. The summed E-state index contributed by atoms with van der Waals surface area (Å²) in [7, 11) is 0. The highest BCUT2D eigenvalue weighted by Gasteiger charge is 2.21. The van der Waals surface area contributed by atoms with Crippen LogP contribution in [0.15, 0.2) is 18.3 Å². The van der Waals surface area contributed by atoms with Gasteiger partial charge in [-0.05, 0) is 24.6 Å². The average Bonchev–Trinajstić information content (AvgIpc) is 2.19. The first-order chi connectivity index (χ1) is 7.39. The largest absolute Gasteiger partial charge is 0.310 e. The fourth-order valence-electron chi connectivity index (χ4n) is 0.908. The molecule has 90 valence electrons. The molecule has 0 fully saturated rings. The van der Waals surface area contributed by atoms with Crippen molar-refractivity contribution in [3.05, 3.63) is 23.9 Å². The first-order valence-electron chi connectivity index (χ1n) is 5.64. The number of nitrogens with zero attached hydrogens (tertiary/aromatic N) is 1. The van der Waals surface area contributed by atoms with Crippen molar-refractivity contribution in [2.24, 2.45) is 5.41 Å². The maximum atomic E-state index is 11.6. The fourth-order valence-corrected chi connectivity index (χ4v) is 0.908. The third-order valence-electron chi connectivity index (χ3n) is 1.84. The van der Waals surface area contributed by atoms with Crippen LogP contribution in [0, 0.1) is 12.3 Å². The second-order valence-electron chi connectivity index (χ2n) is 4.42. The minimum Gasteiger partial charge on any atom is -0.310 e. The van der Waals surface area contributed by atoms with Gasteiger partial charge in [0.2, 0.25) is 5.91 Å². The molecule has 1 aromatic rings. The summed E-state index contributed by atoms with van der Waals surface area (Å²) in [5.74, 6) is 0.598. The third-order valence-corrected chi connectivity index (χ3v) is 1.84. The van der Waals surface area contributed by atoms with Crippen LogP contribution in [0.1, 0.15) is 40.2 Å². The second-order valence-corrected chi connectivity index (χ2v) is 4.42. The second kappa shape index (κ2) is 6.26. The number of carbonyl (C=O) groups excluding carboxylic acids is 1. The number of aromatic nitrogens is 1. The molecule has 1 N–H and O–H groups in total. The van der Waals surface area contributed by atoms with E-state index in [4.69, 9.17) is 0 Å². The minimum atomic E-state index is -0.384. The summed E-state index contributed by atoms with van der Waals surface area (Å²) in [5, 5.41) is 2.77. The molecular weight excluding hydrogens is 200 g/mol. The highest BCUT2D eigenvalue weighted by molar-refractivity contribution is 5.93. The minimum absolute atomic E-state index is 0.0180. The summed E-state index contributed by atoms with van der Waals surface area (Å²) < 4.78 is 0. The van der Waals surface area contributed by atoms with E-state index >= 15 is 0 Å². The Balaban J connectivity index is 0.00000106. The molecule has 0 aliphatic carbocycles. The lowest BCUT2D eigenvalue weighted by atomic mass is 9.96. The van der Waals surface area contributed by atoms with Gasteiger partial charge in [0, 0.05) is 11.6 Å². The number of hydrogen-bond acceptors (Lipinski definition) is 2. The number of anilines is 1. The molecule has 1 rings (SSSR count). The summed E-state index contributed by atoms with van der Waals surface area (Å²) in [6.07, 6.45) is 1.69.